The van der Waals surface area contributed by atoms with Crippen molar-refractivity contribution in [1.29, 1.82) is 0 Å². The smallest absolute Gasteiger partial charge is 0.412 e. The molecule has 0 saturated carbocycles. The molecule has 2 rings (SSSR count). The van der Waals surface area contributed by atoms with Gasteiger partial charge in [0.2, 0.25) is 0 Å². The molecule has 20 heavy (non-hydrogen) atoms. The van der Waals surface area contributed by atoms with E-state index in [2.05, 4.69) is 10.3 Å². The second-order valence-electron chi connectivity index (χ2n) is 4.53. The van der Waals surface area contributed by atoms with E-state index in [4.69, 9.17) is 10.5 Å². The summed E-state index contributed by atoms with van der Waals surface area (Å²) in [6.07, 6.45) is -0.547. The SMILES string of the molecule is Cc1cc(C)c(NC(=O)OCc2ccccc2)c(N)n1. The molecule has 5 nitrogen and oxygen atoms in total. The number of aromatic nitrogens is 1. The lowest BCUT2D eigenvalue weighted by molar-refractivity contribution is 0.155. The summed E-state index contributed by atoms with van der Waals surface area (Å²) in [7, 11) is 0. The van der Waals surface area contributed by atoms with Crippen LogP contribution in [0, 0.1) is 13.8 Å². The Morgan fingerprint density at radius 2 is 2.00 bits per heavy atom. The summed E-state index contributed by atoms with van der Waals surface area (Å²) in [5.41, 5.74) is 8.88. The molecule has 0 spiro atoms. The first kappa shape index (κ1) is 13.9. The zero-order valence-electron chi connectivity index (χ0n) is 11.5. The monoisotopic (exact) mass is 271 g/mol. The molecular weight excluding hydrogens is 254 g/mol. The number of amides is 1. The highest BCUT2D eigenvalue weighted by atomic mass is 16.5. The van der Waals surface area contributed by atoms with Crippen LogP contribution in [0.4, 0.5) is 16.3 Å². The molecule has 0 unspecified atom stereocenters. The summed E-state index contributed by atoms with van der Waals surface area (Å²) in [6, 6.07) is 11.3. The van der Waals surface area contributed by atoms with Gasteiger partial charge in [0.05, 0.1) is 5.69 Å². The Kier molecular flexibility index (Phi) is 4.20. The van der Waals surface area contributed by atoms with Crippen LogP contribution in [0.3, 0.4) is 0 Å². The average Bonchev–Trinajstić information content (AvgIpc) is 2.42. The van der Waals surface area contributed by atoms with Gasteiger partial charge in [0, 0.05) is 5.69 Å². The van der Waals surface area contributed by atoms with E-state index >= 15 is 0 Å². The normalized spacial score (nSPS) is 10.1. The largest absolute Gasteiger partial charge is 0.444 e. The molecule has 1 aromatic heterocycles. The lowest BCUT2D eigenvalue weighted by atomic mass is 10.2. The molecule has 0 atom stereocenters. The van der Waals surface area contributed by atoms with Crippen molar-refractivity contribution >= 4 is 17.6 Å². The van der Waals surface area contributed by atoms with Gasteiger partial charge < -0.3 is 10.5 Å². The van der Waals surface area contributed by atoms with Gasteiger partial charge in [-0.15, -0.1) is 0 Å². The molecule has 1 amide bonds. The van der Waals surface area contributed by atoms with Gasteiger partial charge in [-0.05, 0) is 31.0 Å². The van der Waals surface area contributed by atoms with Gasteiger partial charge in [-0.1, -0.05) is 30.3 Å². The number of rotatable bonds is 3. The fourth-order valence-corrected chi connectivity index (χ4v) is 1.89. The molecule has 0 aliphatic rings. The third-order valence-corrected chi connectivity index (χ3v) is 2.81. The molecule has 104 valence electrons. The highest BCUT2D eigenvalue weighted by Gasteiger charge is 2.10. The molecule has 0 saturated heterocycles. The molecule has 1 aromatic carbocycles. The maximum atomic E-state index is 11.8. The molecule has 0 aliphatic heterocycles. The van der Waals surface area contributed by atoms with E-state index in [1.165, 1.54) is 0 Å². The van der Waals surface area contributed by atoms with Gasteiger partial charge in [-0.3, -0.25) is 5.32 Å². The van der Waals surface area contributed by atoms with E-state index in [1.54, 1.807) is 0 Å². The van der Waals surface area contributed by atoms with Crippen molar-refractivity contribution in [2.75, 3.05) is 11.1 Å². The van der Waals surface area contributed by atoms with Crippen molar-refractivity contribution in [3.8, 4) is 0 Å². The Bertz CT molecular complexity index is 589. The summed E-state index contributed by atoms with van der Waals surface area (Å²) in [5, 5.41) is 2.63. The van der Waals surface area contributed by atoms with Crippen molar-refractivity contribution < 1.29 is 9.53 Å². The fourth-order valence-electron chi connectivity index (χ4n) is 1.89. The average molecular weight is 271 g/mol. The number of carbonyl (C=O) groups excluding carboxylic acids is 1. The Balaban J connectivity index is 1.98. The summed E-state index contributed by atoms with van der Waals surface area (Å²) in [5.74, 6) is 0.291. The molecule has 0 fully saturated rings. The summed E-state index contributed by atoms with van der Waals surface area (Å²) in [6.45, 7) is 3.92. The van der Waals surface area contributed by atoms with Gasteiger partial charge in [0.1, 0.15) is 12.4 Å². The number of nitrogens with zero attached hydrogens (tertiary/aromatic N) is 1. The van der Waals surface area contributed by atoms with E-state index in [1.807, 2.05) is 50.2 Å². The van der Waals surface area contributed by atoms with Crippen LogP contribution in [0.15, 0.2) is 36.4 Å². The highest BCUT2D eigenvalue weighted by Crippen LogP contribution is 2.22. The van der Waals surface area contributed by atoms with Gasteiger partial charge in [0.25, 0.3) is 0 Å². The van der Waals surface area contributed by atoms with Crippen LogP contribution in [0.2, 0.25) is 0 Å². The quantitative estimate of drug-likeness (QED) is 0.899. The number of ether oxygens (including phenoxy) is 1. The molecule has 3 N–H and O–H groups in total. The fraction of sp³-hybridized carbons (Fsp3) is 0.200. The van der Waals surface area contributed by atoms with E-state index in [0.29, 0.717) is 11.5 Å². The number of nitrogen functional groups attached to an aromatic ring is 1. The number of hydrogen-bond donors (Lipinski definition) is 2. The topological polar surface area (TPSA) is 77.2 Å². The van der Waals surface area contributed by atoms with Crippen LogP contribution in [-0.2, 0) is 11.3 Å². The molecule has 5 heteroatoms. The van der Waals surface area contributed by atoms with Crippen molar-refractivity contribution in [2.24, 2.45) is 0 Å². The Morgan fingerprint density at radius 1 is 1.30 bits per heavy atom. The van der Waals surface area contributed by atoms with Crippen molar-refractivity contribution in [1.82, 2.24) is 4.98 Å². The second kappa shape index (κ2) is 6.06. The predicted molar refractivity (Wildman–Crippen MR) is 78.4 cm³/mol. The second-order valence-corrected chi connectivity index (χ2v) is 4.53. The maximum absolute atomic E-state index is 11.8. The van der Waals surface area contributed by atoms with Crippen LogP contribution in [0.25, 0.3) is 0 Å². The van der Waals surface area contributed by atoms with Gasteiger partial charge >= 0.3 is 6.09 Å². The Labute approximate surface area is 117 Å². The molecular formula is C15H17N3O2. The number of pyridine rings is 1. The van der Waals surface area contributed by atoms with Crippen LogP contribution in [0.1, 0.15) is 16.8 Å². The predicted octanol–water partition coefficient (Wildman–Crippen LogP) is 3.03. The van der Waals surface area contributed by atoms with Crippen LogP contribution in [-0.4, -0.2) is 11.1 Å². The van der Waals surface area contributed by atoms with E-state index < -0.39 is 6.09 Å². The van der Waals surface area contributed by atoms with E-state index in [0.717, 1.165) is 16.8 Å². The van der Waals surface area contributed by atoms with Gasteiger partial charge in [-0.25, -0.2) is 9.78 Å². The van der Waals surface area contributed by atoms with E-state index in [9.17, 15) is 4.79 Å². The number of nitrogens with two attached hydrogens (primary N) is 1. The number of aryl methyl sites for hydroxylation is 2. The summed E-state index contributed by atoms with van der Waals surface area (Å²) in [4.78, 5) is 15.9. The zero-order valence-corrected chi connectivity index (χ0v) is 11.5. The zero-order chi connectivity index (χ0) is 14.5. The third kappa shape index (κ3) is 3.47. The van der Waals surface area contributed by atoms with Crippen LogP contribution in [0.5, 0.6) is 0 Å². The van der Waals surface area contributed by atoms with E-state index in [-0.39, 0.29) is 6.61 Å². The number of carbonyl (C=O) groups is 1. The Hall–Kier alpha value is -2.56. The minimum absolute atomic E-state index is 0.213. The van der Waals surface area contributed by atoms with Crippen molar-refractivity contribution in [3.63, 3.8) is 0 Å². The molecule has 0 aliphatic carbocycles. The minimum atomic E-state index is -0.547. The standard InChI is InChI=1S/C15H17N3O2/c1-10-8-11(2)17-14(16)13(10)18-15(19)20-9-12-6-4-3-5-7-12/h3-8H,9H2,1-2H3,(H2,16,17)(H,18,19). The molecule has 0 radical (unpaired) electrons. The summed E-state index contributed by atoms with van der Waals surface area (Å²) < 4.78 is 5.14. The first-order valence-corrected chi connectivity index (χ1v) is 6.27. The number of nitrogens with one attached hydrogen (secondary N) is 1. The van der Waals surface area contributed by atoms with Crippen LogP contribution < -0.4 is 11.1 Å². The third-order valence-electron chi connectivity index (χ3n) is 2.81. The lowest BCUT2D eigenvalue weighted by Crippen LogP contribution is -2.16. The molecule has 2 aromatic rings. The van der Waals surface area contributed by atoms with Gasteiger partial charge in [0.15, 0.2) is 0 Å². The maximum Gasteiger partial charge on any atom is 0.412 e. The van der Waals surface area contributed by atoms with Gasteiger partial charge in [-0.2, -0.15) is 0 Å². The molecule has 1 heterocycles. The first-order chi connectivity index (χ1) is 9.56. The number of benzene rings is 1. The Morgan fingerprint density at radius 3 is 2.65 bits per heavy atom. The number of anilines is 2. The summed E-state index contributed by atoms with van der Waals surface area (Å²) >= 11 is 0. The minimum Gasteiger partial charge on any atom is -0.444 e. The highest BCUT2D eigenvalue weighted by molar-refractivity contribution is 5.89. The van der Waals surface area contributed by atoms with Crippen molar-refractivity contribution in [2.45, 2.75) is 20.5 Å². The van der Waals surface area contributed by atoms with Crippen LogP contribution >= 0.6 is 0 Å². The first-order valence-electron chi connectivity index (χ1n) is 6.27. The molecule has 0 bridgehead atoms. The lowest BCUT2D eigenvalue weighted by Gasteiger charge is -2.11. The van der Waals surface area contributed by atoms with Crippen molar-refractivity contribution in [3.05, 3.63) is 53.2 Å². The number of hydrogen-bond acceptors (Lipinski definition) is 4.